The van der Waals surface area contributed by atoms with Gasteiger partial charge in [0.1, 0.15) is 0 Å². The summed E-state index contributed by atoms with van der Waals surface area (Å²) in [6.07, 6.45) is 0. The van der Waals surface area contributed by atoms with Crippen LogP contribution in [0.1, 0.15) is 6.92 Å². The second-order valence-electron chi connectivity index (χ2n) is 2.28. The van der Waals surface area contributed by atoms with Gasteiger partial charge in [-0.05, 0) is 6.92 Å². The van der Waals surface area contributed by atoms with E-state index in [0.29, 0.717) is 6.54 Å². The van der Waals surface area contributed by atoms with Gasteiger partial charge in [-0.3, -0.25) is 4.79 Å². The van der Waals surface area contributed by atoms with E-state index in [4.69, 9.17) is 11.6 Å². The largest absolute Gasteiger partial charge is 0.355 e. The van der Waals surface area contributed by atoms with Gasteiger partial charge in [0, 0.05) is 12.4 Å². The van der Waals surface area contributed by atoms with Crippen LogP contribution in [0.5, 0.6) is 0 Å². The number of amides is 1. The fraction of sp³-hybridized carbons (Fsp3) is 0.833. The number of hydrogen-bond acceptors (Lipinski definition) is 3. The van der Waals surface area contributed by atoms with Crippen molar-refractivity contribution < 1.29 is 13.2 Å². The predicted octanol–water partition coefficient (Wildman–Crippen LogP) is -0.719. The van der Waals surface area contributed by atoms with Gasteiger partial charge in [-0.15, -0.1) is 11.6 Å². The minimum Gasteiger partial charge on any atom is -0.355 e. The summed E-state index contributed by atoms with van der Waals surface area (Å²) in [7, 11) is -3.39. The number of halogens is 1. The van der Waals surface area contributed by atoms with Gasteiger partial charge in [-0.25, -0.2) is 13.1 Å². The molecule has 0 spiro atoms. The highest BCUT2D eigenvalue weighted by atomic mass is 35.5. The number of carbonyl (C=O) groups is 1. The summed E-state index contributed by atoms with van der Waals surface area (Å²) in [6, 6.07) is 0. The Balaban J connectivity index is 3.81. The van der Waals surface area contributed by atoms with E-state index in [1.54, 1.807) is 6.92 Å². The first-order chi connectivity index (χ1) is 6.02. The first-order valence-electron chi connectivity index (χ1n) is 3.82. The van der Waals surface area contributed by atoms with Gasteiger partial charge in [0.05, 0.1) is 12.3 Å². The van der Waals surface area contributed by atoms with Gasteiger partial charge in [0.15, 0.2) is 0 Å². The Morgan fingerprint density at radius 1 is 1.46 bits per heavy atom. The molecule has 0 aromatic heterocycles. The molecule has 5 nitrogen and oxygen atoms in total. The summed E-state index contributed by atoms with van der Waals surface area (Å²) in [5, 5.41) is 2.46. The summed E-state index contributed by atoms with van der Waals surface area (Å²) >= 11 is 5.24. The molecular weight excluding hydrogens is 216 g/mol. The van der Waals surface area contributed by atoms with E-state index in [9.17, 15) is 13.2 Å². The Morgan fingerprint density at radius 2 is 2.08 bits per heavy atom. The number of nitrogens with one attached hydrogen (secondary N) is 2. The maximum Gasteiger partial charge on any atom is 0.235 e. The van der Waals surface area contributed by atoms with Crippen molar-refractivity contribution in [3.63, 3.8) is 0 Å². The van der Waals surface area contributed by atoms with Gasteiger partial charge in [-0.2, -0.15) is 0 Å². The first kappa shape index (κ1) is 12.7. The summed E-state index contributed by atoms with van der Waals surface area (Å²) in [5.74, 6) is -0.501. The number of carbonyl (C=O) groups excluding carboxylic acids is 1. The highest BCUT2D eigenvalue weighted by molar-refractivity contribution is 7.89. The average Bonchev–Trinajstić information content (AvgIpc) is 2.02. The van der Waals surface area contributed by atoms with E-state index >= 15 is 0 Å². The van der Waals surface area contributed by atoms with Crippen LogP contribution in [0.4, 0.5) is 0 Å². The molecule has 0 fully saturated rings. The van der Waals surface area contributed by atoms with Gasteiger partial charge >= 0.3 is 0 Å². The van der Waals surface area contributed by atoms with E-state index in [-0.39, 0.29) is 24.1 Å². The quantitative estimate of drug-likeness (QED) is 0.590. The molecule has 0 atom stereocenters. The SMILES string of the molecule is CCNC(=O)CNS(=O)(=O)CCCl. The number of sulfonamides is 1. The van der Waals surface area contributed by atoms with Crippen LogP contribution in [0.25, 0.3) is 0 Å². The van der Waals surface area contributed by atoms with Gasteiger partial charge in [0.2, 0.25) is 15.9 Å². The van der Waals surface area contributed by atoms with Crippen LogP contribution in [-0.4, -0.2) is 39.0 Å². The summed E-state index contributed by atoms with van der Waals surface area (Å²) in [5.41, 5.74) is 0. The molecule has 0 aliphatic heterocycles. The number of rotatable bonds is 6. The number of hydrogen-bond donors (Lipinski definition) is 2. The van der Waals surface area contributed by atoms with Crippen LogP contribution >= 0.6 is 11.6 Å². The van der Waals surface area contributed by atoms with Crippen LogP contribution < -0.4 is 10.0 Å². The lowest BCUT2D eigenvalue weighted by Crippen LogP contribution is -2.37. The van der Waals surface area contributed by atoms with E-state index in [1.807, 2.05) is 0 Å². The Labute approximate surface area is 82.9 Å². The zero-order valence-electron chi connectivity index (χ0n) is 7.34. The molecule has 0 aliphatic rings. The molecule has 0 unspecified atom stereocenters. The van der Waals surface area contributed by atoms with Crippen molar-refractivity contribution in [1.29, 1.82) is 0 Å². The fourth-order valence-corrected chi connectivity index (χ4v) is 1.92. The monoisotopic (exact) mass is 228 g/mol. The molecular formula is C6H13ClN2O3S. The Bertz CT molecular complexity index is 253. The third-order valence-corrected chi connectivity index (χ3v) is 2.91. The van der Waals surface area contributed by atoms with E-state index < -0.39 is 10.0 Å². The third-order valence-electron chi connectivity index (χ3n) is 1.17. The van der Waals surface area contributed by atoms with Crippen molar-refractivity contribution in [2.45, 2.75) is 6.92 Å². The van der Waals surface area contributed by atoms with Crippen molar-refractivity contribution in [3.05, 3.63) is 0 Å². The minimum atomic E-state index is -3.39. The van der Waals surface area contributed by atoms with Crippen LogP contribution in [0.3, 0.4) is 0 Å². The molecule has 2 N–H and O–H groups in total. The zero-order valence-corrected chi connectivity index (χ0v) is 8.91. The lowest BCUT2D eigenvalue weighted by Gasteiger charge is -2.04. The summed E-state index contributed by atoms with van der Waals surface area (Å²) in [6.45, 7) is 2.01. The minimum absolute atomic E-state index is 0.0186. The van der Waals surface area contributed by atoms with Crippen molar-refractivity contribution in [2.75, 3.05) is 24.7 Å². The molecule has 0 rings (SSSR count). The normalized spacial score (nSPS) is 11.2. The molecule has 13 heavy (non-hydrogen) atoms. The van der Waals surface area contributed by atoms with E-state index in [0.717, 1.165) is 0 Å². The standard InChI is InChI=1S/C6H13ClN2O3S/c1-2-8-6(10)5-9-13(11,12)4-3-7/h9H,2-5H2,1H3,(H,8,10). The highest BCUT2D eigenvalue weighted by Crippen LogP contribution is 1.85. The van der Waals surface area contributed by atoms with Gasteiger partial charge < -0.3 is 5.32 Å². The van der Waals surface area contributed by atoms with E-state index in [1.165, 1.54) is 0 Å². The molecule has 0 heterocycles. The Kier molecular flexibility index (Phi) is 6.02. The number of likely N-dealkylation sites (N-methyl/N-ethyl adjacent to an activating group) is 1. The van der Waals surface area contributed by atoms with E-state index in [2.05, 4.69) is 10.0 Å². The molecule has 0 radical (unpaired) electrons. The predicted molar refractivity (Wildman–Crippen MR) is 51.2 cm³/mol. The maximum absolute atomic E-state index is 11.0. The summed E-state index contributed by atoms with van der Waals surface area (Å²) < 4.78 is 24.0. The average molecular weight is 229 g/mol. The van der Waals surface area contributed by atoms with Crippen LogP contribution in [0.2, 0.25) is 0 Å². The maximum atomic E-state index is 11.0. The molecule has 0 saturated carbocycles. The fourth-order valence-electron chi connectivity index (χ4n) is 0.609. The molecule has 0 aliphatic carbocycles. The second-order valence-corrected chi connectivity index (χ2v) is 4.59. The molecule has 78 valence electrons. The molecule has 0 bridgehead atoms. The topological polar surface area (TPSA) is 75.3 Å². The Hall–Kier alpha value is -0.330. The van der Waals surface area contributed by atoms with Crippen molar-refractivity contribution in [2.24, 2.45) is 0 Å². The van der Waals surface area contributed by atoms with Crippen molar-refractivity contribution in [1.82, 2.24) is 10.0 Å². The number of alkyl halides is 1. The van der Waals surface area contributed by atoms with Crippen LogP contribution in [0.15, 0.2) is 0 Å². The highest BCUT2D eigenvalue weighted by Gasteiger charge is 2.10. The first-order valence-corrected chi connectivity index (χ1v) is 6.00. The Morgan fingerprint density at radius 3 is 2.54 bits per heavy atom. The third kappa shape index (κ3) is 6.80. The lowest BCUT2D eigenvalue weighted by atomic mass is 10.6. The second kappa shape index (κ2) is 6.17. The summed E-state index contributed by atoms with van der Waals surface area (Å²) in [4.78, 5) is 10.8. The van der Waals surface area contributed by atoms with Gasteiger partial charge in [0.25, 0.3) is 0 Å². The van der Waals surface area contributed by atoms with Crippen molar-refractivity contribution >= 4 is 27.5 Å². The van der Waals surface area contributed by atoms with Crippen LogP contribution in [-0.2, 0) is 14.8 Å². The molecule has 0 aromatic rings. The molecule has 1 amide bonds. The molecule has 7 heteroatoms. The molecule has 0 saturated heterocycles. The molecule has 0 aromatic carbocycles. The lowest BCUT2D eigenvalue weighted by molar-refractivity contribution is -0.119. The smallest absolute Gasteiger partial charge is 0.235 e. The zero-order chi connectivity index (χ0) is 10.3. The van der Waals surface area contributed by atoms with Crippen LogP contribution in [0, 0.1) is 0 Å². The van der Waals surface area contributed by atoms with Crippen molar-refractivity contribution in [3.8, 4) is 0 Å². The van der Waals surface area contributed by atoms with Gasteiger partial charge in [-0.1, -0.05) is 0 Å².